The Kier molecular flexibility index (Phi) is 4.04. The number of hydrogen-bond acceptors (Lipinski definition) is 2. The van der Waals surface area contributed by atoms with E-state index in [1.165, 1.54) is 12.1 Å². The van der Waals surface area contributed by atoms with Gasteiger partial charge in [0.2, 0.25) is 0 Å². The minimum atomic E-state index is -0.970. The fourth-order valence-electron chi connectivity index (χ4n) is 2.29. The molecule has 102 valence electrons. The van der Waals surface area contributed by atoms with Gasteiger partial charge in [-0.25, -0.2) is 9.59 Å². The second-order valence-corrected chi connectivity index (χ2v) is 4.85. The molecule has 1 aliphatic heterocycles. The molecule has 1 aromatic rings. The van der Waals surface area contributed by atoms with Gasteiger partial charge in [-0.05, 0) is 50.5 Å². The van der Waals surface area contributed by atoms with Gasteiger partial charge in [-0.15, -0.1) is 0 Å². The van der Waals surface area contributed by atoms with Gasteiger partial charge in [0.25, 0.3) is 0 Å². The molecule has 19 heavy (non-hydrogen) atoms. The van der Waals surface area contributed by atoms with Crippen molar-refractivity contribution in [3.05, 3.63) is 29.8 Å². The van der Waals surface area contributed by atoms with E-state index in [1.807, 2.05) is 11.8 Å². The number of benzene rings is 1. The largest absolute Gasteiger partial charge is 0.478 e. The van der Waals surface area contributed by atoms with E-state index in [9.17, 15) is 9.59 Å². The number of hydrogen-bond donors (Lipinski definition) is 2. The molecule has 0 bridgehead atoms. The topological polar surface area (TPSA) is 69.6 Å². The standard InChI is InChI=1S/C14H18N2O3/c1-10-4-2-3-9-16(10)14(19)15-12-7-5-11(6-8-12)13(17)18/h5-8,10H,2-4,9H2,1H3,(H,15,19)(H,17,18). The quantitative estimate of drug-likeness (QED) is 0.861. The summed E-state index contributed by atoms with van der Waals surface area (Å²) in [6.45, 7) is 2.83. The molecule has 1 unspecified atom stereocenters. The Morgan fingerprint density at radius 1 is 1.26 bits per heavy atom. The number of anilines is 1. The highest BCUT2D eigenvalue weighted by Gasteiger charge is 2.22. The van der Waals surface area contributed by atoms with Crippen LogP contribution in [0, 0.1) is 0 Å². The van der Waals surface area contributed by atoms with E-state index in [4.69, 9.17) is 5.11 Å². The molecule has 2 amide bonds. The van der Waals surface area contributed by atoms with Crippen molar-refractivity contribution >= 4 is 17.7 Å². The van der Waals surface area contributed by atoms with Gasteiger partial charge < -0.3 is 15.3 Å². The lowest BCUT2D eigenvalue weighted by Gasteiger charge is -2.33. The molecule has 2 rings (SSSR count). The summed E-state index contributed by atoms with van der Waals surface area (Å²) in [6, 6.07) is 6.32. The molecule has 0 spiro atoms. The zero-order valence-electron chi connectivity index (χ0n) is 10.9. The SMILES string of the molecule is CC1CCCCN1C(=O)Nc1ccc(C(=O)O)cc1. The van der Waals surface area contributed by atoms with Crippen molar-refractivity contribution in [2.75, 3.05) is 11.9 Å². The van der Waals surface area contributed by atoms with Crippen molar-refractivity contribution in [3.63, 3.8) is 0 Å². The normalized spacial score (nSPS) is 19.0. The molecular weight excluding hydrogens is 244 g/mol. The minimum absolute atomic E-state index is 0.115. The fraction of sp³-hybridized carbons (Fsp3) is 0.429. The molecule has 0 saturated carbocycles. The molecule has 1 fully saturated rings. The summed E-state index contributed by atoms with van der Waals surface area (Å²) in [7, 11) is 0. The first-order valence-electron chi connectivity index (χ1n) is 6.49. The zero-order chi connectivity index (χ0) is 13.8. The van der Waals surface area contributed by atoms with Crippen molar-refractivity contribution in [1.82, 2.24) is 4.90 Å². The molecule has 0 aliphatic carbocycles. The van der Waals surface area contributed by atoms with Crippen LogP contribution in [0.25, 0.3) is 0 Å². The lowest BCUT2D eigenvalue weighted by atomic mass is 10.0. The fourth-order valence-corrected chi connectivity index (χ4v) is 2.29. The first-order chi connectivity index (χ1) is 9.08. The third-order valence-corrected chi connectivity index (χ3v) is 3.45. The number of carbonyl (C=O) groups excluding carboxylic acids is 1. The second kappa shape index (κ2) is 5.73. The van der Waals surface area contributed by atoms with Gasteiger partial charge in [-0.3, -0.25) is 0 Å². The lowest BCUT2D eigenvalue weighted by Crippen LogP contribution is -2.44. The predicted octanol–water partition coefficient (Wildman–Crippen LogP) is 2.79. The summed E-state index contributed by atoms with van der Waals surface area (Å²) in [4.78, 5) is 24.7. The zero-order valence-corrected chi connectivity index (χ0v) is 10.9. The van der Waals surface area contributed by atoms with E-state index < -0.39 is 5.97 Å². The number of amides is 2. The van der Waals surface area contributed by atoms with E-state index in [-0.39, 0.29) is 17.6 Å². The maximum Gasteiger partial charge on any atom is 0.335 e. The number of urea groups is 1. The molecular formula is C14H18N2O3. The molecule has 1 aliphatic rings. The van der Waals surface area contributed by atoms with E-state index >= 15 is 0 Å². The molecule has 1 aromatic carbocycles. The number of carboxylic acids is 1. The van der Waals surface area contributed by atoms with Gasteiger partial charge in [0.15, 0.2) is 0 Å². The van der Waals surface area contributed by atoms with Crippen LogP contribution in [-0.4, -0.2) is 34.6 Å². The predicted molar refractivity (Wildman–Crippen MR) is 72.4 cm³/mol. The Labute approximate surface area is 112 Å². The van der Waals surface area contributed by atoms with Gasteiger partial charge >= 0.3 is 12.0 Å². The molecule has 0 aromatic heterocycles. The average Bonchev–Trinajstić information content (AvgIpc) is 2.39. The third-order valence-electron chi connectivity index (χ3n) is 3.45. The van der Waals surface area contributed by atoms with Gasteiger partial charge in [-0.2, -0.15) is 0 Å². The molecule has 0 radical (unpaired) electrons. The number of piperidine rings is 1. The number of likely N-dealkylation sites (tertiary alicyclic amines) is 1. The maximum absolute atomic E-state index is 12.1. The Bertz CT molecular complexity index is 470. The van der Waals surface area contributed by atoms with Crippen molar-refractivity contribution in [2.45, 2.75) is 32.2 Å². The van der Waals surface area contributed by atoms with Crippen LogP contribution in [0.4, 0.5) is 10.5 Å². The van der Waals surface area contributed by atoms with Crippen LogP contribution in [0.1, 0.15) is 36.5 Å². The monoisotopic (exact) mass is 262 g/mol. The Balaban J connectivity index is 2.00. The first-order valence-corrected chi connectivity index (χ1v) is 6.49. The van der Waals surface area contributed by atoms with Crippen LogP contribution in [0.3, 0.4) is 0 Å². The van der Waals surface area contributed by atoms with Gasteiger partial charge in [-0.1, -0.05) is 0 Å². The number of aromatic carboxylic acids is 1. The Morgan fingerprint density at radius 3 is 2.53 bits per heavy atom. The Morgan fingerprint density at radius 2 is 1.95 bits per heavy atom. The highest BCUT2D eigenvalue weighted by Crippen LogP contribution is 2.18. The summed E-state index contributed by atoms with van der Waals surface area (Å²) in [5.41, 5.74) is 0.831. The van der Waals surface area contributed by atoms with Gasteiger partial charge in [0, 0.05) is 18.3 Å². The number of nitrogens with one attached hydrogen (secondary N) is 1. The van der Waals surface area contributed by atoms with Crippen molar-refractivity contribution < 1.29 is 14.7 Å². The van der Waals surface area contributed by atoms with Crippen molar-refractivity contribution in [1.29, 1.82) is 0 Å². The maximum atomic E-state index is 12.1. The van der Waals surface area contributed by atoms with Gasteiger partial charge in [0.1, 0.15) is 0 Å². The number of carboxylic acid groups (broad SMARTS) is 1. The summed E-state index contributed by atoms with van der Waals surface area (Å²) in [6.07, 6.45) is 3.24. The molecule has 1 atom stereocenters. The summed E-state index contributed by atoms with van der Waals surface area (Å²) >= 11 is 0. The van der Waals surface area contributed by atoms with Crippen LogP contribution >= 0.6 is 0 Å². The minimum Gasteiger partial charge on any atom is -0.478 e. The lowest BCUT2D eigenvalue weighted by molar-refractivity contribution is 0.0697. The van der Waals surface area contributed by atoms with Crippen LogP contribution < -0.4 is 5.32 Å². The van der Waals surface area contributed by atoms with E-state index in [1.54, 1.807) is 12.1 Å². The summed E-state index contributed by atoms with van der Waals surface area (Å²) in [5, 5.41) is 11.6. The highest BCUT2D eigenvalue weighted by atomic mass is 16.4. The third kappa shape index (κ3) is 3.24. The Hall–Kier alpha value is -2.04. The summed E-state index contributed by atoms with van der Waals surface area (Å²) in [5.74, 6) is -0.970. The smallest absolute Gasteiger partial charge is 0.335 e. The van der Waals surface area contributed by atoms with Crippen LogP contribution in [0.5, 0.6) is 0 Å². The first kappa shape index (κ1) is 13.4. The molecule has 1 heterocycles. The van der Waals surface area contributed by atoms with E-state index in [2.05, 4.69) is 5.32 Å². The molecule has 5 heteroatoms. The molecule has 5 nitrogen and oxygen atoms in total. The average molecular weight is 262 g/mol. The van der Waals surface area contributed by atoms with Crippen molar-refractivity contribution in [3.8, 4) is 0 Å². The number of nitrogens with zero attached hydrogens (tertiary/aromatic N) is 1. The highest BCUT2D eigenvalue weighted by molar-refractivity contribution is 5.91. The number of carbonyl (C=O) groups is 2. The molecule has 2 N–H and O–H groups in total. The van der Waals surface area contributed by atoms with Crippen LogP contribution in [0.2, 0.25) is 0 Å². The van der Waals surface area contributed by atoms with Crippen LogP contribution in [0.15, 0.2) is 24.3 Å². The van der Waals surface area contributed by atoms with Crippen molar-refractivity contribution in [2.24, 2.45) is 0 Å². The summed E-state index contributed by atoms with van der Waals surface area (Å²) < 4.78 is 0. The van der Waals surface area contributed by atoms with E-state index in [0.717, 1.165) is 25.8 Å². The van der Waals surface area contributed by atoms with E-state index in [0.29, 0.717) is 5.69 Å². The van der Waals surface area contributed by atoms with Gasteiger partial charge in [0.05, 0.1) is 5.56 Å². The number of rotatable bonds is 2. The second-order valence-electron chi connectivity index (χ2n) is 4.85. The molecule has 1 saturated heterocycles. The van der Waals surface area contributed by atoms with Crippen LogP contribution in [-0.2, 0) is 0 Å².